The highest BCUT2D eigenvalue weighted by molar-refractivity contribution is 5.14. The van der Waals surface area contributed by atoms with Crippen LogP contribution in [0.25, 0.3) is 0 Å². The molecule has 0 bridgehead atoms. The van der Waals surface area contributed by atoms with E-state index in [-0.39, 0.29) is 0 Å². The third kappa shape index (κ3) is 4.09. The first-order valence-electron chi connectivity index (χ1n) is 4.97. The van der Waals surface area contributed by atoms with Crippen LogP contribution in [0.1, 0.15) is 25.3 Å². The van der Waals surface area contributed by atoms with Crippen LogP contribution in [0.3, 0.4) is 0 Å². The molecule has 0 aliphatic heterocycles. The average Bonchev–Trinajstić information content (AvgIpc) is 2.19. The molecule has 0 unspecified atom stereocenters. The molecule has 0 aliphatic rings. The molecule has 13 heavy (non-hydrogen) atoms. The maximum absolute atomic E-state index is 8.83. The number of aryl methyl sites for hydroxylation is 1. The zero-order chi connectivity index (χ0) is 9.52. The fourth-order valence-electron chi connectivity index (χ4n) is 1.39. The minimum absolute atomic E-state index is 0.314. The summed E-state index contributed by atoms with van der Waals surface area (Å²) in [5.41, 5.74) is 1.40. The molecular weight excluding hydrogens is 160 g/mol. The number of benzene rings is 1. The minimum Gasteiger partial charge on any atom is -0.396 e. The summed E-state index contributed by atoms with van der Waals surface area (Å²) >= 11 is 0. The van der Waals surface area contributed by atoms with Gasteiger partial charge in [0.1, 0.15) is 0 Å². The van der Waals surface area contributed by atoms with Crippen molar-refractivity contribution >= 4 is 0 Å². The van der Waals surface area contributed by atoms with E-state index in [1.165, 1.54) is 12.0 Å². The average molecular weight is 178 g/mol. The molecule has 0 amide bonds. The van der Waals surface area contributed by atoms with Gasteiger partial charge in [0.05, 0.1) is 0 Å². The molecule has 0 saturated carbocycles. The van der Waals surface area contributed by atoms with E-state index in [9.17, 15) is 0 Å². The van der Waals surface area contributed by atoms with Crippen molar-refractivity contribution in [2.24, 2.45) is 5.92 Å². The zero-order valence-corrected chi connectivity index (χ0v) is 8.24. The van der Waals surface area contributed by atoms with Crippen LogP contribution in [0.2, 0.25) is 0 Å². The van der Waals surface area contributed by atoms with E-state index < -0.39 is 0 Å². The lowest BCUT2D eigenvalue weighted by atomic mass is 10.0. The van der Waals surface area contributed by atoms with Gasteiger partial charge in [0.25, 0.3) is 0 Å². The molecule has 1 atom stereocenters. The second kappa shape index (κ2) is 5.76. The van der Waals surface area contributed by atoms with Gasteiger partial charge < -0.3 is 5.11 Å². The molecule has 1 N–H and O–H groups in total. The summed E-state index contributed by atoms with van der Waals surface area (Å²) < 4.78 is 0. The third-order valence-corrected chi connectivity index (χ3v) is 2.32. The standard InChI is InChI=1S/C12H18O/c1-11(10-13)6-5-9-12-7-3-2-4-8-12/h2-4,7-8,11,13H,5-6,9-10H2,1H3/t11-/m1/s1. The highest BCUT2D eigenvalue weighted by Crippen LogP contribution is 2.09. The van der Waals surface area contributed by atoms with Crippen molar-refractivity contribution in [3.8, 4) is 0 Å². The van der Waals surface area contributed by atoms with Crippen LogP contribution in [0.15, 0.2) is 30.3 Å². The number of aliphatic hydroxyl groups is 1. The molecule has 0 saturated heterocycles. The van der Waals surface area contributed by atoms with Gasteiger partial charge in [-0.25, -0.2) is 0 Å². The summed E-state index contributed by atoms with van der Waals surface area (Å²) in [4.78, 5) is 0. The minimum atomic E-state index is 0.314. The Kier molecular flexibility index (Phi) is 4.55. The first-order chi connectivity index (χ1) is 6.33. The summed E-state index contributed by atoms with van der Waals surface area (Å²) in [6, 6.07) is 10.5. The van der Waals surface area contributed by atoms with Crippen molar-refractivity contribution in [2.75, 3.05) is 6.61 Å². The molecule has 0 aromatic heterocycles. The monoisotopic (exact) mass is 178 g/mol. The van der Waals surface area contributed by atoms with Crippen molar-refractivity contribution in [3.05, 3.63) is 35.9 Å². The van der Waals surface area contributed by atoms with Crippen LogP contribution in [0, 0.1) is 5.92 Å². The molecule has 1 aromatic carbocycles. The Morgan fingerprint density at radius 2 is 1.92 bits per heavy atom. The molecule has 1 heteroatoms. The first-order valence-corrected chi connectivity index (χ1v) is 4.97. The fourth-order valence-corrected chi connectivity index (χ4v) is 1.39. The number of hydrogen-bond acceptors (Lipinski definition) is 1. The Morgan fingerprint density at radius 3 is 2.54 bits per heavy atom. The van der Waals surface area contributed by atoms with Crippen molar-refractivity contribution in [3.63, 3.8) is 0 Å². The smallest absolute Gasteiger partial charge is 0.0456 e. The lowest BCUT2D eigenvalue weighted by Crippen LogP contribution is -2.00. The van der Waals surface area contributed by atoms with Gasteiger partial charge in [-0.05, 0) is 30.7 Å². The highest BCUT2D eigenvalue weighted by Gasteiger charge is 1.99. The van der Waals surface area contributed by atoms with Gasteiger partial charge in [-0.1, -0.05) is 37.3 Å². The molecule has 0 heterocycles. The zero-order valence-electron chi connectivity index (χ0n) is 8.24. The normalized spacial score (nSPS) is 12.8. The van der Waals surface area contributed by atoms with Crippen LogP contribution in [-0.2, 0) is 6.42 Å². The summed E-state index contributed by atoms with van der Waals surface area (Å²) in [5, 5.41) is 8.83. The van der Waals surface area contributed by atoms with E-state index in [0.29, 0.717) is 12.5 Å². The van der Waals surface area contributed by atoms with Crippen LogP contribution in [0.5, 0.6) is 0 Å². The fraction of sp³-hybridized carbons (Fsp3) is 0.500. The molecule has 1 nitrogen and oxygen atoms in total. The first kappa shape index (κ1) is 10.3. The van der Waals surface area contributed by atoms with Crippen molar-refractivity contribution in [1.29, 1.82) is 0 Å². The molecule has 72 valence electrons. The second-order valence-corrected chi connectivity index (χ2v) is 3.67. The van der Waals surface area contributed by atoms with E-state index in [0.717, 1.165) is 12.8 Å². The van der Waals surface area contributed by atoms with Crippen LogP contribution < -0.4 is 0 Å². The maximum atomic E-state index is 8.83. The van der Waals surface area contributed by atoms with E-state index in [2.05, 4.69) is 31.2 Å². The molecule has 0 fully saturated rings. The van der Waals surface area contributed by atoms with Gasteiger partial charge in [-0.15, -0.1) is 0 Å². The van der Waals surface area contributed by atoms with Gasteiger partial charge in [0, 0.05) is 6.61 Å². The van der Waals surface area contributed by atoms with Gasteiger partial charge in [-0.2, -0.15) is 0 Å². The van der Waals surface area contributed by atoms with E-state index in [1.54, 1.807) is 0 Å². The second-order valence-electron chi connectivity index (χ2n) is 3.67. The lowest BCUT2D eigenvalue weighted by Gasteiger charge is -2.06. The van der Waals surface area contributed by atoms with E-state index >= 15 is 0 Å². The summed E-state index contributed by atoms with van der Waals surface area (Å²) in [7, 11) is 0. The van der Waals surface area contributed by atoms with Gasteiger partial charge in [-0.3, -0.25) is 0 Å². The van der Waals surface area contributed by atoms with Crippen LogP contribution in [0.4, 0.5) is 0 Å². The number of rotatable bonds is 5. The van der Waals surface area contributed by atoms with E-state index in [1.807, 2.05) is 6.07 Å². The Bertz CT molecular complexity index is 218. The lowest BCUT2D eigenvalue weighted by molar-refractivity contribution is 0.228. The van der Waals surface area contributed by atoms with Crippen molar-refractivity contribution in [2.45, 2.75) is 26.2 Å². The third-order valence-electron chi connectivity index (χ3n) is 2.32. The number of aliphatic hydroxyl groups excluding tert-OH is 1. The predicted octanol–water partition coefficient (Wildman–Crippen LogP) is 2.64. The van der Waals surface area contributed by atoms with Crippen LogP contribution >= 0.6 is 0 Å². The summed E-state index contributed by atoms with van der Waals surface area (Å²) in [5.74, 6) is 0.448. The Hall–Kier alpha value is -0.820. The largest absolute Gasteiger partial charge is 0.396 e. The highest BCUT2D eigenvalue weighted by atomic mass is 16.3. The topological polar surface area (TPSA) is 20.2 Å². The van der Waals surface area contributed by atoms with Gasteiger partial charge in [0.2, 0.25) is 0 Å². The molecule has 0 aliphatic carbocycles. The molecule has 0 spiro atoms. The molecule has 0 radical (unpaired) electrons. The molecular formula is C12H18O. The van der Waals surface area contributed by atoms with Gasteiger partial charge in [0.15, 0.2) is 0 Å². The SMILES string of the molecule is C[C@@H](CO)CCCc1ccccc1. The number of hydrogen-bond donors (Lipinski definition) is 1. The predicted molar refractivity (Wildman–Crippen MR) is 55.6 cm³/mol. The Labute approximate surface area is 80.4 Å². The van der Waals surface area contributed by atoms with E-state index in [4.69, 9.17) is 5.11 Å². The molecule has 1 rings (SSSR count). The Morgan fingerprint density at radius 1 is 1.23 bits per heavy atom. The summed E-state index contributed by atoms with van der Waals surface area (Å²) in [6.07, 6.45) is 3.42. The van der Waals surface area contributed by atoms with Gasteiger partial charge >= 0.3 is 0 Å². The maximum Gasteiger partial charge on any atom is 0.0456 e. The van der Waals surface area contributed by atoms with Crippen LogP contribution in [-0.4, -0.2) is 11.7 Å². The van der Waals surface area contributed by atoms with Crippen molar-refractivity contribution < 1.29 is 5.11 Å². The Balaban J connectivity index is 2.20. The quantitative estimate of drug-likeness (QED) is 0.735. The van der Waals surface area contributed by atoms with Crippen molar-refractivity contribution in [1.82, 2.24) is 0 Å². The molecule has 1 aromatic rings. The summed E-state index contributed by atoms with van der Waals surface area (Å²) in [6.45, 7) is 2.40.